The third-order valence-corrected chi connectivity index (χ3v) is 6.69. The number of aryl methyl sites for hydroxylation is 1. The summed E-state index contributed by atoms with van der Waals surface area (Å²) in [5, 5.41) is 10.2. The number of esters is 2. The number of pyridine rings is 1. The summed E-state index contributed by atoms with van der Waals surface area (Å²) < 4.78 is 12.1. The number of anilines is 1. The number of ether oxygens (including phenoxy) is 2. The molecule has 1 unspecified atom stereocenters. The summed E-state index contributed by atoms with van der Waals surface area (Å²) in [6.45, 7) is 1.98. The third-order valence-electron chi connectivity index (χ3n) is 6.69. The van der Waals surface area contributed by atoms with Crippen molar-refractivity contribution in [3.05, 3.63) is 113 Å². The molecular formula is C30H25N5O4. The maximum absolute atomic E-state index is 13.3. The van der Waals surface area contributed by atoms with Crippen LogP contribution in [-0.2, 0) is 19.1 Å². The van der Waals surface area contributed by atoms with Crippen molar-refractivity contribution in [2.45, 2.75) is 12.8 Å². The SMILES string of the molecule is COC(=O)C1=C(C(=O)OC)N(c2cccc(-c3cn4cccc(C)c4n3)c2)C(N)=C(C#N)C1c1ccccc1. The summed E-state index contributed by atoms with van der Waals surface area (Å²) in [5.74, 6) is -2.51. The fourth-order valence-corrected chi connectivity index (χ4v) is 4.88. The van der Waals surface area contributed by atoms with E-state index in [2.05, 4.69) is 6.07 Å². The van der Waals surface area contributed by atoms with Crippen molar-refractivity contribution in [3.8, 4) is 17.3 Å². The van der Waals surface area contributed by atoms with Crippen molar-refractivity contribution in [3.63, 3.8) is 0 Å². The zero-order valence-electron chi connectivity index (χ0n) is 21.6. The molecule has 1 atom stereocenters. The lowest BCUT2D eigenvalue weighted by Crippen LogP contribution is -2.40. The van der Waals surface area contributed by atoms with E-state index < -0.39 is 17.9 Å². The van der Waals surface area contributed by atoms with Gasteiger partial charge in [0.05, 0.1) is 43.0 Å². The molecule has 0 bridgehead atoms. The Morgan fingerprint density at radius 3 is 2.41 bits per heavy atom. The van der Waals surface area contributed by atoms with Crippen LogP contribution in [0.15, 0.2) is 102 Å². The number of hydrogen-bond acceptors (Lipinski definition) is 8. The lowest BCUT2D eigenvalue weighted by Gasteiger charge is -2.36. The van der Waals surface area contributed by atoms with Crippen LogP contribution in [0.3, 0.4) is 0 Å². The van der Waals surface area contributed by atoms with E-state index in [-0.39, 0.29) is 22.7 Å². The van der Waals surface area contributed by atoms with Crippen molar-refractivity contribution >= 4 is 23.3 Å². The first-order valence-corrected chi connectivity index (χ1v) is 12.1. The molecule has 194 valence electrons. The quantitative estimate of drug-likeness (QED) is 0.389. The van der Waals surface area contributed by atoms with E-state index in [4.69, 9.17) is 20.2 Å². The van der Waals surface area contributed by atoms with E-state index in [1.165, 1.54) is 19.1 Å². The minimum absolute atomic E-state index is 0.00222. The van der Waals surface area contributed by atoms with Gasteiger partial charge in [0, 0.05) is 23.6 Å². The molecular weight excluding hydrogens is 494 g/mol. The Labute approximate surface area is 225 Å². The maximum Gasteiger partial charge on any atom is 0.355 e. The standard InChI is InChI=1S/C30H25N5O4/c1-18-9-8-14-34-17-23(33-28(18)34)20-12-7-13-21(15-20)35-26(30(37)39-3)25(29(36)38-2)24(22(16-31)27(35)32)19-10-5-4-6-11-19/h4-15,17,24H,32H2,1-3H3. The molecule has 39 heavy (non-hydrogen) atoms. The Balaban J connectivity index is 1.75. The van der Waals surface area contributed by atoms with Crippen LogP contribution in [0.5, 0.6) is 0 Å². The number of benzene rings is 2. The number of carbonyl (C=O) groups is 2. The lowest BCUT2D eigenvalue weighted by molar-refractivity contribution is -0.139. The largest absolute Gasteiger partial charge is 0.466 e. The average Bonchev–Trinajstić information content (AvgIpc) is 3.42. The van der Waals surface area contributed by atoms with Gasteiger partial charge in [0.25, 0.3) is 0 Å². The maximum atomic E-state index is 13.3. The molecule has 4 aromatic rings. The number of allylic oxidation sites excluding steroid dienone is 1. The van der Waals surface area contributed by atoms with Gasteiger partial charge >= 0.3 is 11.9 Å². The highest BCUT2D eigenvalue weighted by Crippen LogP contribution is 2.43. The predicted octanol–water partition coefficient (Wildman–Crippen LogP) is 4.21. The Bertz CT molecular complexity index is 1710. The van der Waals surface area contributed by atoms with Crippen LogP contribution in [0, 0.1) is 18.3 Å². The van der Waals surface area contributed by atoms with Crippen LogP contribution in [0.1, 0.15) is 17.0 Å². The van der Waals surface area contributed by atoms with E-state index in [9.17, 15) is 14.9 Å². The number of methoxy groups -OCH3 is 2. The molecule has 1 aliphatic heterocycles. The normalized spacial score (nSPS) is 15.3. The second-order valence-corrected chi connectivity index (χ2v) is 8.93. The smallest absolute Gasteiger partial charge is 0.355 e. The number of fused-ring (bicyclic) bond motifs is 1. The highest BCUT2D eigenvalue weighted by atomic mass is 16.5. The summed E-state index contributed by atoms with van der Waals surface area (Å²) >= 11 is 0. The van der Waals surface area contributed by atoms with Crippen molar-refractivity contribution in [2.24, 2.45) is 5.73 Å². The van der Waals surface area contributed by atoms with Crippen molar-refractivity contribution in [1.82, 2.24) is 9.38 Å². The Morgan fingerprint density at radius 2 is 1.74 bits per heavy atom. The first-order chi connectivity index (χ1) is 18.9. The molecule has 0 amide bonds. The molecule has 2 N–H and O–H groups in total. The summed E-state index contributed by atoms with van der Waals surface area (Å²) in [7, 11) is 2.44. The molecule has 3 heterocycles. The van der Waals surface area contributed by atoms with Crippen molar-refractivity contribution in [2.75, 3.05) is 19.1 Å². The number of hydrogen-bond donors (Lipinski definition) is 1. The summed E-state index contributed by atoms with van der Waals surface area (Å²) in [6.07, 6.45) is 3.82. The van der Waals surface area contributed by atoms with Crippen LogP contribution < -0.4 is 10.6 Å². The van der Waals surface area contributed by atoms with Crippen molar-refractivity contribution in [1.29, 1.82) is 5.26 Å². The number of aromatic nitrogens is 2. The van der Waals surface area contributed by atoms with Gasteiger partial charge in [0.1, 0.15) is 17.2 Å². The number of nitriles is 1. The van der Waals surface area contributed by atoms with Crippen LogP contribution >= 0.6 is 0 Å². The van der Waals surface area contributed by atoms with E-state index in [1.54, 1.807) is 42.5 Å². The highest BCUT2D eigenvalue weighted by Gasteiger charge is 2.43. The highest BCUT2D eigenvalue weighted by molar-refractivity contribution is 6.06. The topological polar surface area (TPSA) is 123 Å². The molecule has 5 rings (SSSR count). The van der Waals surface area contributed by atoms with Crippen LogP contribution in [-0.4, -0.2) is 35.5 Å². The number of nitrogens with two attached hydrogens (primary N) is 1. The van der Waals surface area contributed by atoms with Gasteiger partial charge in [0.15, 0.2) is 0 Å². The van der Waals surface area contributed by atoms with Crippen LogP contribution in [0.2, 0.25) is 0 Å². The fourth-order valence-electron chi connectivity index (χ4n) is 4.88. The molecule has 0 aliphatic carbocycles. The van der Waals surface area contributed by atoms with Gasteiger partial charge in [-0.05, 0) is 36.2 Å². The first kappa shape index (κ1) is 25.3. The molecule has 0 fully saturated rings. The van der Waals surface area contributed by atoms with Gasteiger partial charge in [0.2, 0.25) is 0 Å². The van der Waals surface area contributed by atoms with Gasteiger partial charge in [-0.15, -0.1) is 0 Å². The summed E-state index contributed by atoms with van der Waals surface area (Å²) in [6, 6.07) is 22.2. The second kappa shape index (κ2) is 10.2. The van der Waals surface area contributed by atoms with Gasteiger partial charge in [-0.2, -0.15) is 5.26 Å². The molecule has 2 aromatic carbocycles. The lowest BCUT2D eigenvalue weighted by atomic mass is 9.81. The summed E-state index contributed by atoms with van der Waals surface area (Å²) in [5.41, 5.74) is 10.9. The predicted molar refractivity (Wildman–Crippen MR) is 145 cm³/mol. The number of nitrogens with zero attached hydrogens (tertiary/aromatic N) is 4. The van der Waals surface area contributed by atoms with E-state index in [1.807, 2.05) is 48.0 Å². The van der Waals surface area contributed by atoms with E-state index in [0.29, 0.717) is 16.9 Å². The average molecular weight is 520 g/mol. The molecule has 0 radical (unpaired) electrons. The molecule has 0 saturated heterocycles. The second-order valence-electron chi connectivity index (χ2n) is 8.93. The van der Waals surface area contributed by atoms with Crippen molar-refractivity contribution < 1.29 is 19.1 Å². The molecule has 9 heteroatoms. The fraction of sp³-hybridized carbons (Fsp3) is 0.133. The van der Waals surface area contributed by atoms with Crippen LogP contribution in [0.25, 0.3) is 16.9 Å². The Hall–Kier alpha value is -5.36. The number of rotatable bonds is 5. The molecule has 0 saturated carbocycles. The number of carbonyl (C=O) groups excluding carboxylic acids is 2. The van der Waals surface area contributed by atoms with Gasteiger partial charge in [-0.1, -0.05) is 48.5 Å². The minimum atomic E-state index is -0.932. The van der Waals surface area contributed by atoms with Gasteiger partial charge in [-0.3, -0.25) is 4.90 Å². The minimum Gasteiger partial charge on any atom is -0.466 e. The molecule has 1 aliphatic rings. The molecule has 0 spiro atoms. The monoisotopic (exact) mass is 519 g/mol. The Morgan fingerprint density at radius 1 is 1.00 bits per heavy atom. The number of imidazole rings is 1. The zero-order valence-corrected chi connectivity index (χ0v) is 21.6. The Kier molecular flexibility index (Phi) is 6.61. The third kappa shape index (κ3) is 4.28. The first-order valence-electron chi connectivity index (χ1n) is 12.1. The van der Waals surface area contributed by atoms with E-state index in [0.717, 1.165) is 16.8 Å². The zero-order chi connectivity index (χ0) is 27.7. The van der Waals surface area contributed by atoms with E-state index >= 15 is 0 Å². The van der Waals surface area contributed by atoms with Crippen LogP contribution in [0.4, 0.5) is 5.69 Å². The van der Waals surface area contributed by atoms with Gasteiger partial charge < -0.3 is 19.6 Å². The molecule has 2 aromatic heterocycles. The molecule has 9 nitrogen and oxygen atoms in total. The summed E-state index contributed by atoms with van der Waals surface area (Å²) in [4.78, 5) is 32.7. The van der Waals surface area contributed by atoms with Gasteiger partial charge in [-0.25, -0.2) is 14.6 Å².